The van der Waals surface area contributed by atoms with Crippen LogP contribution in [-0.4, -0.2) is 50.3 Å². The monoisotopic (exact) mass is 451 g/mol. The fourth-order valence-electron chi connectivity index (χ4n) is 4.58. The molecule has 8 nitrogen and oxygen atoms in total. The number of carbonyl (C=O) groups is 2. The molecule has 0 amide bonds. The Hall–Kier alpha value is -3.26. The summed E-state index contributed by atoms with van der Waals surface area (Å²) in [5.74, 6) is -0.863. The third kappa shape index (κ3) is 4.75. The fraction of sp³-hybridized carbons (Fsp3) is 0.440. The Balaban J connectivity index is 1.37. The molecule has 2 N–H and O–H groups in total. The second-order valence-corrected chi connectivity index (χ2v) is 9.14. The summed E-state index contributed by atoms with van der Waals surface area (Å²) in [6.07, 6.45) is 5.27. The summed E-state index contributed by atoms with van der Waals surface area (Å²) in [6, 6.07) is 7.86. The SMILES string of the molecule is C=C(C)[C@@H]1CC=C(c2nc(-c3ccc(CN4CCC(C(=O)O)(C(=O)O)CC4)cc3)no2)CC1. The molecule has 1 aromatic carbocycles. The van der Waals surface area contributed by atoms with E-state index in [1.807, 2.05) is 24.3 Å². The first-order valence-corrected chi connectivity index (χ1v) is 11.3. The Morgan fingerprint density at radius 3 is 2.39 bits per heavy atom. The van der Waals surface area contributed by atoms with Crippen LogP contribution in [0.3, 0.4) is 0 Å². The van der Waals surface area contributed by atoms with E-state index in [4.69, 9.17) is 4.52 Å². The Kier molecular flexibility index (Phi) is 6.47. The van der Waals surface area contributed by atoms with Gasteiger partial charge in [-0.2, -0.15) is 4.98 Å². The summed E-state index contributed by atoms with van der Waals surface area (Å²) in [4.78, 5) is 29.6. The highest BCUT2D eigenvalue weighted by atomic mass is 16.5. The van der Waals surface area contributed by atoms with E-state index >= 15 is 0 Å². The molecule has 174 valence electrons. The number of carboxylic acids is 2. The first kappa shape index (κ1) is 22.9. The summed E-state index contributed by atoms with van der Waals surface area (Å²) in [7, 11) is 0. The van der Waals surface area contributed by atoms with Gasteiger partial charge in [0.2, 0.25) is 5.82 Å². The maximum Gasteiger partial charge on any atom is 0.321 e. The molecule has 2 heterocycles. The number of aliphatic carboxylic acids is 2. The van der Waals surface area contributed by atoms with Crippen LogP contribution in [0.15, 0.2) is 47.0 Å². The molecule has 0 spiro atoms. The van der Waals surface area contributed by atoms with Crippen molar-refractivity contribution in [2.45, 2.75) is 45.6 Å². The summed E-state index contributed by atoms with van der Waals surface area (Å²) >= 11 is 0. The van der Waals surface area contributed by atoms with Crippen LogP contribution in [0.25, 0.3) is 17.0 Å². The van der Waals surface area contributed by atoms with Crippen molar-refractivity contribution >= 4 is 17.5 Å². The molecular weight excluding hydrogens is 422 g/mol. The van der Waals surface area contributed by atoms with Crippen molar-refractivity contribution in [3.8, 4) is 11.4 Å². The largest absolute Gasteiger partial charge is 0.480 e. The molecule has 1 fully saturated rings. The van der Waals surface area contributed by atoms with Crippen LogP contribution in [-0.2, 0) is 16.1 Å². The number of piperidine rings is 1. The Morgan fingerprint density at radius 1 is 1.18 bits per heavy atom. The van der Waals surface area contributed by atoms with Crippen LogP contribution >= 0.6 is 0 Å². The van der Waals surface area contributed by atoms with Crippen LogP contribution in [0.1, 0.15) is 50.5 Å². The van der Waals surface area contributed by atoms with Gasteiger partial charge >= 0.3 is 11.9 Å². The Morgan fingerprint density at radius 2 is 1.85 bits per heavy atom. The lowest BCUT2D eigenvalue weighted by atomic mass is 9.78. The molecule has 0 unspecified atom stereocenters. The molecule has 1 atom stereocenters. The van der Waals surface area contributed by atoms with Crippen molar-refractivity contribution in [2.75, 3.05) is 13.1 Å². The standard InChI is InChI=1S/C25H29N3O5/c1-16(2)18-7-9-20(10-8-18)22-26-21(27-33-22)19-5-3-17(4-6-19)15-28-13-11-25(12-14-28,23(29)30)24(31)32/h3-6,9,18H,1,7-8,10-15H2,2H3,(H,29,30)(H,31,32)/t18-/m1/s1. The van der Waals surface area contributed by atoms with Gasteiger partial charge in [-0.3, -0.25) is 14.5 Å². The number of aromatic nitrogens is 2. The smallest absolute Gasteiger partial charge is 0.321 e. The molecule has 4 rings (SSSR count). The first-order valence-electron chi connectivity index (χ1n) is 11.3. The molecule has 0 bridgehead atoms. The quantitative estimate of drug-likeness (QED) is 0.474. The predicted octanol–water partition coefficient (Wildman–Crippen LogP) is 4.25. The highest BCUT2D eigenvalue weighted by molar-refractivity contribution is 5.98. The Bertz CT molecular complexity index is 1060. The molecular formula is C25H29N3O5. The van der Waals surface area contributed by atoms with E-state index in [9.17, 15) is 19.8 Å². The van der Waals surface area contributed by atoms with Crippen molar-refractivity contribution in [3.63, 3.8) is 0 Å². The van der Waals surface area contributed by atoms with Crippen LogP contribution in [0, 0.1) is 11.3 Å². The summed E-state index contributed by atoms with van der Waals surface area (Å²) in [5, 5.41) is 22.9. The van der Waals surface area contributed by atoms with Crippen LogP contribution in [0.5, 0.6) is 0 Å². The van der Waals surface area contributed by atoms with E-state index in [0.29, 0.717) is 37.3 Å². The van der Waals surface area contributed by atoms with Crippen LogP contribution in [0.2, 0.25) is 0 Å². The van der Waals surface area contributed by atoms with E-state index in [1.54, 1.807) is 0 Å². The van der Waals surface area contributed by atoms with Gasteiger partial charge in [0, 0.05) is 30.8 Å². The minimum Gasteiger partial charge on any atom is -0.480 e. The maximum atomic E-state index is 11.5. The van der Waals surface area contributed by atoms with Crippen molar-refractivity contribution < 1.29 is 24.3 Å². The molecule has 2 aliphatic rings. The van der Waals surface area contributed by atoms with Gasteiger partial charge in [-0.1, -0.05) is 47.7 Å². The number of benzene rings is 1. The number of hydrogen-bond acceptors (Lipinski definition) is 6. The lowest BCUT2D eigenvalue weighted by Crippen LogP contribution is -2.48. The minimum atomic E-state index is -1.67. The zero-order valence-electron chi connectivity index (χ0n) is 18.8. The molecule has 8 heteroatoms. The van der Waals surface area contributed by atoms with Gasteiger partial charge in [0.1, 0.15) is 0 Å². The summed E-state index contributed by atoms with van der Waals surface area (Å²) in [5.41, 5.74) is 2.55. The second-order valence-electron chi connectivity index (χ2n) is 9.14. The average Bonchev–Trinajstić information content (AvgIpc) is 3.30. The third-order valence-electron chi connectivity index (χ3n) is 6.96. The lowest BCUT2D eigenvalue weighted by Gasteiger charge is -2.36. The maximum absolute atomic E-state index is 11.5. The highest BCUT2D eigenvalue weighted by Crippen LogP contribution is 2.34. The summed E-state index contributed by atoms with van der Waals surface area (Å²) in [6.45, 7) is 7.61. The first-order chi connectivity index (χ1) is 15.8. The molecule has 1 saturated heterocycles. The summed E-state index contributed by atoms with van der Waals surface area (Å²) < 4.78 is 5.51. The van der Waals surface area contributed by atoms with Gasteiger partial charge < -0.3 is 14.7 Å². The second kappa shape index (κ2) is 9.31. The molecule has 2 aromatic rings. The number of nitrogens with zero attached hydrogens (tertiary/aromatic N) is 3. The van der Waals surface area contributed by atoms with Crippen LogP contribution < -0.4 is 0 Å². The van der Waals surface area contributed by atoms with Crippen molar-refractivity contribution in [2.24, 2.45) is 11.3 Å². The Labute approximate surface area is 192 Å². The van der Waals surface area contributed by atoms with E-state index < -0.39 is 17.4 Å². The van der Waals surface area contributed by atoms with E-state index in [2.05, 4.69) is 34.6 Å². The van der Waals surface area contributed by atoms with Gasteiger partial charge in [0.25, 0.3) is 5.89 Å². The highest BCUT2D eigenvalue weighted by Gasteiger charge is 2.48. The van der Waals surface area contributed by atoms with Gasteiger partial charge in [0.05, 0.1) is 0 Å². The number of likely N-dealkylation sites (tertiary alicyclic amines) is 1. The van der Waals surface area contributed by atoms with E-state index in [1.165, 1.54) is 5.57 Å². The van der Waals surface area contributed by atoms with Crippen molar-refractivity contribution in [1.82, 2.24) is 15.0 Å². The zero-order valence-corrected chi connectivity index (χ0v) is 18.8. The molecule has 0 saturated carbocycles. The molecule has 1 aliphatic carbocycles. The van der Waals surface area contributed by atoms with Crippen molar-refractivity contribution in [3.05, 3.63) is 53.9 Å². The van der Waals surface area contributed by atoms with Gasteiger partial charge in [0.15, 0.2) is 5.41 Å². The lowest BCUT2D eigenvalue weighted by molar-refractivity contribution is -0.168. The molecule has 0 radical (unpaired) electrons. The molecule has 1 aromatic heterocycles. The van der Waals surface area contributed by atoms with E-state index in [0.717, 1.165) is 36.0 Å². The number of hydrogen-bond donors (Lipinski definition) is 2. The number of allylic oxidation sites excluding steroid dienone is 3. The normalized spacial score (nSPS) is 20.8. The van der Waals surface area contributed by atoms with Gasteiger partial charge in [-0.05, 0) is 50.5 Å². The fourth-order valence-corrected chi connectivity index (χ4v) is 4.58. The predicted molar refractivity (Wildman–Crippen MR) is 122 cm³/mol. The van der Waals surface area contributed by atoms with Crippen LogP contribution in [0.4, 0.5) is 0 Å². The zero-order chi connectivity index (χ0) is 23.6. The van der Waals surface area contributed by atoms with Gasteiger partial charge in [-0.25, -0.2) is 0 Å². The van der Waals surface area contributed by atoms with Gasteiger partial charge in [-0.15, -0.1) is 0 Å². The van der Waals surface area contributed by atoms with Crippen molar-refractivity contribution in [1.29, 1.82) is 0 Å². The number of rotatable bonds is 7. The molecule has 33 heavy (non-hydrogen) atoms. The minimum absolute atomic E-state index is 0.102. The van der Waals surface area contributed by atoms with E-state index in [-0.39, 0.29) is 12.8 Å². The topological polar surface area (TPSA) is 117 Å². The molecule has 1 aliphatic heterocycles. The number of carboxylic acid groups (broad SMARTS) is 2. The third-order valence-corrected chi connectivity index (χ3v) is 6.96. The average molecular weight is 452 g/mol.